The van der Waals surface area contributed by atoms with Crippen molar-refractivity contribution in [2.45, 2.75) is 83.4 Å². The predicted molar refractivity (Wildman–Crippen MR) is 125 cm³/mol. The number of halogens is 3. The summed E-state index contributed by atoms with van der Waals surface area (Å²) in [4.78, 5) is 0. The highest BCUT2D eigenvalue weighted by Gasteiger charge is 2.31. The van der Waals surface area contributed by atoms with E-state index in [-0.39, 0.29) is 5.75 Å². The van der Waals surface area contributed by atoms with Crippen molar-refractivity contribution >= 4 is 0 Å². The lowest BCUT2D eigenvalue weighted by molar-refractivity contribution is -0.274. The Kier molecular flexibility index (Phi) is 9.91. The fraction of sp³-hybridized carbons (Fsp3) is 0.607. The minimum Gasteiger partial charge on any atom is -0.406 e. The van der Waals surface area contributed by atoms with Crippen molar-refractivity contribution in [1.82, 2.24) is 0 Å². The first kappa shape index (κ1) is 25.4. The summed E-state index contributed by atoms with van der Waals surface area (Å²) in [5, 5.41) is 8.54. The number of nitrogens with zero attached hydrogens (tertiary/aromatic N) is 1. The van der Waals surface area contributed by atoms with Gasteiger partial charge < -0.3 is 4.74 Å². The molecule has 3 rings (SSSR count). The Labute approximate surface area is 196 Å². The lowest BCUT2D eigenvalue weighted by Gasteiger charge is -2.37. The molecule has 0 heterocycles. The summed E-state index contributed by atoms with van der Waals surface area (Å²) in [6.45, 7) is 0. The van der Waals surface area contributed by atoms with E-state index in [1.807, 2.05) is 18.2 Å². The largest absolute Gasteiger partial charge is 0.573 e. The number of hydrogen-bond acceptors (Lipinski definition) is 2. The highest BCUT2D eigenvalue weighted by Crippen LogP contribution is 2.42. The topological polar surface area (TPSA) is 33.0 Å². The van der Waals surface area contributed by atoms with E-state index < -0.39 is 6.36 Å². The Hall–Kier alpha value is -2.22. The average molecular weight is 460 g/mol. The van der Waals surface area contributed by atoms with E-state index >= 15 is 0 Å². The smallest absolute Gasteiger partial charge is 0.406 e. The number of allylic oxidation sites excluding steroid dienone is 4. The van der Waals surface area contributed by atoms with Gasteiger partial charge in [-0.25, -0.2) is 0 Å². The molecule has 0 spiro atoms. The van der Waals surface area contributed by atoms with Gasteiger partial charge in [0.1, 0.15) is 5.75 Å². The molecule has 1 aromatic rings. The molecule has 33 heavy (non-hydrogen) atoms. The van der Waals surface area contributed by atoms with Crippen LogP contribution < -0.4 is 4.74 Å². The fourth-order valence-corrected chi connectivity index (χ4v) is 5.70. The number of benzene rings is 1. The van der Waals surface area contributed by atoms with Gasteiger partial charge in [-0.2, -0.15) is 5.26 Å². The maximum Gasteiger partial charge on any atom is 0.573 e. The molecule has 0 aromatic heterocycles. The molecule has 1 aromatic carbocycles. The first-order chi connectivity index (χ1) is 15.9. The van der Waals surface area contributed by atoms with Gasteiger partial charge in [-0.15, -0.1) is 13.2 Å². The normalized spacial score (nSPS) is 26.5. The molecular formula is C28H36F3NO. The molecule has 2 aliphatic rings. The van der Waals surface area contributed by atoms with Gasteiger partial charge in [0.25, 0.3) is 0 Å². The van der Waals surface area contributed by atoms with Crippen LogP contribution >= 0.6 is 0 Å². The molecule has 0 atom stereocenters. The summed E-state index contributed by atoms with van der Waals surface area (Å²) >= 11 is 0. The molecule has 0 radical (unpaired) electrons. The Balaban J connectivity index is 1.27. The molecule has 2 fully saturated rings. The standard InChI is InChI=1S/C28H36F3NO/c29-28(30,31)33-27-19-13-24(14-20-27)8-4-3-7-23-11-17-26(18-12-23)25-15-9-22(10-16-25)6-2-1-5-21-32/h1-2,5-6,13-14,19-20,22-23,25-26H,3-4,7-12,15-18H2/b5-1+,6-2+. The minimum absolute atomic E-state index is 0.152. The van der Waals surface area contributed by atoms with Gasteiger partial charge >= 0.3 is 6.36 Å². The quantitative estimate of drug-likeness (QED) is 0.210. The van der Waals surface area contributed by atoms with E-state index in [0.29, 0.717) is 5.92 Å². The van der Waals surface area contributed by atoms with Crippen molar-refractivity contribution in [3.8, 4) is 11.8 Å². The Morgan fingerprint density at radius 3 is 2.12 bits per heavy atom. The number of nitriles is 1. The van der Waals surface area contributed by atoms with E-state index in [1.165, 1.54) is 82.4 Å². The summed E-state index contributed by atoms with van der Waals surface area (Å²) in [6, 6.07) is 8.30. The zero-order valence-corrected chi connectivity index (χ0v) is 19.4. The minimum atomic E-state index is -4.63. The molecular weight excluding hydrogens is 423 g/mol. The van der Waals surface area contributed by atoms with E-state index in [4.69, 9.17) is 5.26 Å². The highest BCUT2D eigenvalue weighted by atomic mass is 19.4. The van der Waals surface area contributed by atoms with Gasteiger partial charge in [0.2, 0.25) is 0 Å². The van der Waals surface area contributed by atoms with Crippen LogP contribution in [0.2, 0.25) is 0 Å². The van der Waals surface area contributed by atoms with Gasteiger partial charge in [0.15, 0.2) is 0 Å². The molecule has 5 heteroatoms. The van der Waals surface area contributed by atoms with E-state index in [1.54, 1.807) is 12.1 Å². The third-order valence-corrected chi connectivity index (χ3v) is 7.52. The van der Waals surface area contributed by atoms with Gasteiger partial charge in [0.05, 0.1) is 6.07 Å². The number of hydrogen-bond donors (Lipinski definition) is 0. The zero-order valence-electron chi connectivity index (χ0n) is 19.4. The van der Waals surface area contributed by atoms with Crippen LogP contribution in [0.1, 0.15) is 76.2 Å². The van der Waals surface area contributed by atoms with E-state index in [0.717, 1.165) is 36.2 Å². The van der Waals surface area contributed by atoms with Crippen LogP contribution in [0.25, 0.3) is 0 Å². The third kappa shape index (κ3) is 9.27. The Bertz CT molecular complexity index is 790. The number of alkyl halides is 3. The maximum absolute atomic E-state index is 12.2. The van der Waals surface area contributed by atoms with Crippen LogP contribution in [0.3, 0.4) is 0 Å². The zero-order chi connectivity index (χ0) is 23.5. The van der Waals surface area contributed by atoms with Gasteiger partial charge in [-0.05, 0) is 92.7 Å². The molecule has 2 aliphatic carbocycles. The van der Waals surface area contributed by atoms with Crippen LogP contribution in [0.5, 0.6) is 5.75 Å². The van der Waals surface area contributed by atoms with Crippen LogP contribution in [0.15, 0.2) is 48.6 Å². The highest BCUT2D eigenvalue weighted by molar-refractivity contribution is 5.27. The monoisotopic (exact) mass is 459 g/mol. The number of aryl methyl sites for hydroxylation is 1. The summed E-state index contributed by atoms with van der Waals surface area (Å²) in [5.41, 5.74) is 1.07. The van der Waals surface area contributed by atoms with Crippen molar-refractivity contribution < 1.29 is 17.9 Å². The summed E-state index contributed by atoms with van der Waals surface area (Å²) < 4.78 is 40.6. The van der Waals surface area contributed by atoms with E-state index in [2.05, 4.69) is 10.8 Å². The summed E-state index contributed by atoms with van der Waals surface area (Å²) in [5.74, 6) is 3.17. The molecule has 0 N–H and O–H groups in total. The Morgan fingerprint density at radius 2 is 1.52 bits per heavy atom. The molecule has 0 bridgehead atoms. The molecule has 180 valence electrons. The van der Waals surface area contributed by atoms with Crippen LogP contribution in [-0.2, 0) is 6.42 Å². The van der Waals surface area contributed by atoms with Gasteiger partial charge in [-0.3, -0.25) is 0 Å². The van der Waals surface area contributed by atoms with Crippen LogP contribution in [-0.4, -0.2) is 6.36 Å². The third-order valence-electron chi connectivity index (χ3n) is 7.52. The van der Waals surface area contributed by atoms with Crippen molar-refractivity contribution in [2.24, 2.45) is 23.7 Å². The fourth-order valence-electron chi connectivity index (χ4n) is 5.70. The molecule has 0 amide bonds. The van der Waals surface area contributed by atoms with Gasteiger partial charge in [0, 0.05) is 6.08 Å². The molecule has 0 aliphatic heterocycles. The van der Waals surface area contributed by atoms with E-state index in [9.17, 15) is 13.2 Å². The number of rotatable bonds is 9. The van der Waals surface area contributed by atoms with Crippen LogP contribution in [0.4, 0.5) is 13.2 Å². The predicted octanol–water partition coefficient (Wildman–Crippen LogP) is 8.55. The van der Waals surface area contributed by atoms with Crippen molar-refractivity contribution in [3.05, 3.63) is 54.1 Å². The second-order valence-corrected chi connectivity index (χ2v) is 9.77. The molecule has 0 saturated heterocycles. The second kappa shape index (κ2) is 12.9. The van der Waals surface area contributed by atoms with Crippen LogP contribution in [0, 0.1) is 35.0 Å². The first-order valence-corrected chi connectivity index (χ1v) is 12.5. The first-order valence-electron chi connectivity index (χ1n) is 12.5. The molecule has 2 saturated carbocycles. The average Bonchev–Trinajstić information content (AvgIpc) is 2.81. The summed E-state index contributed by atoms with van der Waals surface area (Å²) in [7, 11) is 0. The summed E-state index contributed by atoms with van der Waals surface area (Å²) in [6.07, 6.45) is 18.2. The Morgan fingerprint density at radius 1 is 0.879 bits per heavy atom. The lowest BCUT2D eigenvalue weighted by atomic mass is 9.68. The molecule has 0 unspecified atom stereocenters. The van der Waals surface area contributed by atoms with Crippen molar-refractivity contribution in [3.63, 3.8) is 0 Å². The lowest BCUT2D eigenvalue weighted by Crippen LogP contribution is -2.25. The number of ether oxygens (including phenoxy) is 1. The van der Waals surface area contributed by atoms with Crippen molar-refractivity contribution in [2.75, 3.05) is 0 Å². The number of unbranched alkanes of at least 4 members (excludes halogenated alkanes) is 1. The molecule has 2 nitrogen and oxygen atoms in total. The second-order valence-electron chi connectivity index (χ2n) is 9.77. The van der Waals surface area contributed by atoms with Crippen molar-refractivity contribution in [1.29, 1.82) is 5.26 Å². The SMILES string of the molecule is N#C/C=C/C=C/C1CCC(C2CCC(CCCCc3ccc(OC(F)(F)F)cc3)CC2)CC1. The maximum atomic E-state index is 12.2. The van der Waals surface area contributed by atoms with Gasteiger partial charge in [-0.1, -0.05) is 56.0 Å².